The van der Waals surface area contributed by atoms with E-state index in [1.54, 1.807) is 0 Å². The Morgan fingerprint density at radius 1 is 0.301 bits per heavy atom. The van der Waals surface area contributed by atoms with Crippen LogP contribution in [0.4, 0.5) is 0 Å². The second kappa shape index (κ2) is 26.9. The van der Waals surface area contributed by atoms with Crippen LogP contribution in [0.5, 0.6) is 23.0 Å². The number of phenols is 2. The Hall–Kier alpha value is -6.90. The number of fused-ring (bicyclic) bond motifs is 6. The molecule has 0 saturated carbocycles. The van der Waals surface area contributed by atoms with Gasteiger partial charge in [-0.1, -0.05) is 83.1 Å². The SMILES string of the molecule is C[CH](C)[Ge]([CH2]Oc1ccc(C(C)(C)C)cc1-c1cc(C(C)(C)CC(C)(C)C)cc(-n2c3ccc(C(C)(C)C)cc3c3cc(C(C)(C)C)ccc32)c1O)([CH2]Oc1ccc(C(C)(C)C)cc1-c1cc(C(C)(C)CC(C)(C)C)cc(-n2c3ccc(C(C)(C)C)cc3c3cc(C(C)(C)C)ccc32)c1O)[CH](C)C. The molecule has 0 radical (unpaired) electrons. The third-order valence-electron chi connectivity index (χ3n) is 22.7. The van der Waals surface area contributed by atoms with Crippen LogP contribution in [0.15, 0.2) is 133 Å². The van der Waals surface area contributed by atoms with E-state index in [0.29, 0.717) is 10.9 Å². The third-order valence-corrected chi connectivity index (χ3v) is 35.2. The molecule has 552 valence electrons. The van der Waals surface area contributed by atoms with Crippen LogP contribution in [0.3, 0.4) is 0 Å². The molecule has 6 nitrogen and oxygen atoms in total. The van der Waals surface area contributed by atoms with Gasteiger partial charge >= 0.3 is 524 Å². The van der Waals surface area contributed by atoms with Gasteiger partial charge in [-0.2, -0.15) is 0 Å². The van der Waals surface area contributed by atoms with Gasteiger partial charge in [0.25, 0.3) is 0 Å². The first-order chi connectivity index (χ1) is 47.0. The Labute approximate surface area is 625 Å². The maximum absolute atomic E-state index is 13.7. The minimum atomic E-state index is -3.47. The average molecular weight is 1450 g/mol. The molecule has 0 spiro atoms. The summed E-state index contributed by atoms with van der Waals surface area (Å²) >= 11 is -3.47. The van der Waals surface area contributed by atoms with Crippen LogP contribution in [-0.4, -0.2) is 43.5 Å². The van der Waals surface area contributed by atoms with Crippen LogP contribution in [0.1, 0.15) is 279 Å². The number of aromatic hydroxyl groups is 2. The maximum atomic E-state index is 13.7. The van der Waals surface area contributed by atoms with Crippen molar-refractivity contribution in [2.24, 2.45) is 10.8 Å². The molecule has 0 aliphatic heterocycles. The number of nitrogens with zero attached hydrogens (tertiary/aromatic N) is 2. The topological polar surface area (TPSA) is 68.8 Å². The molecule has 8 aromatic carbocycles. The van der Waals surface area contributed by atoms with Crippen molar-refractivity contribution in [1.29, 1.82) is 0 Å². The van der Waals surface area contributed by atoms with E-state index in [1.807, 2.05) is 0 Å². The summed E-state index contributed by atoms with van der Waals surface area (Å²) in [5, 5.41) is 32.1. The Kier molecular flexibility index (Phi) is 20.5. The number of ether oxygens (including phenoxy) is 2. The predicted octanol–water partition coefficient (Wildman–Crippen LogP) is 27.6. The Morgan fingerprint density at radius 2 is 0.534 bits per heavy atom. The van der Waals surface area contributed by atoms with Crippen LogP contribution in [0.2, 0.25) is 9.50 Å². The van der Waals surface area contributed by atoms with E-state index < -0.39 is 13.3 Å². The first-order valence-corrected chi connectivity index (χ1v) is 43.9. The number of aromatic nitrogens is 2. The van der Waals surface area contributed by atoms with E-state index in [0.717, 1.165) is 102 Å². The zero-order valence-corrected chi connectivity index (χ0v) is 71.9. The standard InChI is InChI=1S/C96H130GeN2O4/c1-59(2)97(60(3)4,57-102-83-43-37-65(93(23,24)25)49-73(83)75-51-67(95(29,30)55-87(5,6)7)53-81(85(75)100)98-77-39-33-61(89(11,12)13)45-69(77)70-46-62(90(14,15)16)34-40-78(70)98)58-103-84-44-38-66(94(26,27)28)50-74(84)76-52-68(96(31,32)56-88(8,9)10)54-82(86(76)101)99-79-41-35-63(91(17,18)19)47-71(79)72-48-64(92(20,21)22)36-42-80(72)99/h33-54,59-60,100-101H,55-58H2,1-32H3. The van der Waals surface area contributed by atoms with Crippen molar-refractivity contribution in [3.8, 4) is 56.6 Å². The van der Waals surface area contributed by atoms with Gasteiger partial charge in [0.1, 0.15) is 0 Å². The van der Waals surface area contributed by atoms with Gasteiger partial charge in [0.05, 0.1) is 0 Å². The van der Waals surface area contributed by atoms with Crippen molar-refractivity contribution in [2.75, 3.05) is 10.9 Å². The molecule has 0 fully saturated rings. The van der Waals surface area contributed by atoms with Gasteiger partial charge in [0.2, 0.25) is 0 Å². The Balaban J connectivity index is 1.16. The molecule has 0 bridgehead atoms. The van der Waals surface area contributed by atoms with Crippen molar-refractivity contribution in [3.05, 3.63) is 178 Å². The Bertz CT molecular complexity index is 4400. The molecule has 2 N–H and O–H groups in total. The monoisotopic (exact) mass is 1450 g/mol. The molecule has 0 atom stereocenters. The number of phenolic OH excluding ortho intramolecular Hbond substituents is 2. The quantitative estimate of drug-likeness (QED) is 0.0946. The van der Waals surface area contributed by atoms with E-state index >= 15 is 0 Å². The Morgan fingerprint density at radius 3 is 0.767 bits per heavy atom. The molecule has 0 aliphatic rings. The van der Waals surface area contributed by atoms with E-state index in [4.69, 9.17) is 9.47 Å². The summed E-state index contributed by atoms with van der Waals surface area (Å²) in [6.45, 7) is 74.1. The molecule has 103 heavy (non-hydrogen) atoms. The van der Waals surface area contributed by atoms with E-state index in [2.05, 4.69) is 364 Å². The van der Waals surface area contributed by atoms with Crippen molar-refractivity contribution >= 4 is 56.9 Å². The molecule has 0 saturated heterocycles. The van der Waals surface area contributed by atoms with E-state index in [1.165, 1.54) is 43.8 Å². The molecule has 10 aromatic rings. The van der Waals surface area contributed by atoms with Gasteiger partial charge in [0, 0.05) is 0 Å². The van der Waals surface area contributed by atoms with Crippen LogP contribution < -0.4 is 9.47 Å². The molecule has 7 heteroatoms. The fraction of sp³-hybridized carbons (Fsp3) is 0.500. The summed E-state index contributed by atoms with van der Waals surface area (Å²) in [5.41, 5.74) is 18.5. The average Bonchev–Trinajstić information content (AvgIpc) is 1.61. The number of rotatable bonds is 16. The van der Waals surface area contributed by atoms with Gasteiger partial charge in [0.15, 0.2) is 0 Å². The van der Waals surface area contributed by atoms with Gasteiger partial charge < -0.3 is 0 Å². The van der Waals surface area contributed by atoms with E-state index in [-0.39, 0.29) is 75.1 Å². The summed E-state index contributed by atoms with van der Waals surface area (Å²) < 4.78 is 20.6. The fourth-order valence-corrected chi connectivity index (χ4v) is 24.1. The zero-order valence-electron chi connectivity index (χ0n) is 69.8. The number of hydrogen-bond donors (Lipinski definition) is 2. The molecule has 0 unspecified atom stereocenters. The second-order valence-electron chi connectivity index (χ2n) is 41.7. The van der Waals surface area contributed by atoms with Crippen molar-refractivity contribution in [3.63, 3.8) is 0 Å². The minimum absolute atomic E-state index is 0.0142. The fourth-order valence-electron chi connectivity index (χ4n) is 16.5. The van der Waals surface area contributed by atoms with Gasteiger partial charge in [-0.25, -0.2) is 0 Å². The molecular weight excluding hydrogens is 1320 g/mol. The molecule has 2 aromatic heterocycles. The second-order valence-corrected chi connectivity index (χ2v) is 52.9. The van der Waals surface area contributed by atoms with Crippen LogP contribution in [-0.2, 0) is 43.3 Å². The van der Waals surface area contributed by atoms with Crippen molar-refractivity contribution in [2.45, 2.75) is 287 Å². The normalized spacial score (nSPS) is 13.8. The predicted molar refractivity (Wildman–Crippen MR) is 449 cm³/mol. The summed E-state index contributed by atoms with van der Waals surface area (Å²) in [7, 11) is 0. The van der Waals surface area contributed by atoms with Crippen molar-refractivity contribution < 1.29 is 19.7 Å². The molecule has 2 heterocycles. The van der Waals surface area contributed by atoms with Gasteiger partial charge in [-0.15, -0.1) is 0 Å². The van der Waals surface area contributed by atoms with Gasteiger partial charge in [-0.3, -0.25) is 0 Å². The molecular formula is C96H130GeN2O4. The first kappa shape index (κ1) is 78.7. The number of benzene rings is 8. The first-order valence-electron chi connectivity index (χ1n) is 38.5. The summed E-state index contributed by atoms with van der Waals surface area (Å²) in [6.07, 6.45) is 1.84. The summed E-state index contributed by atoms with van der Waals surface area (Å²) in [5.74, 6) is 1.94. The van der Waals surface area contributed by atoms with Crippen LogP contribution >= 0.6 is 0 Å². The van der Waals surface area contributed by atoms with Crippen molar-refractivity contribution in [1.82, 2.24) is 9.13 Å². The molecule has 10 rings (SSSR count). The summed E-state index contributed by atoms with van der Waals surface area (Å²) in [6, 6.07) is 50.4. The van der Waals surface area contributed by atoms with Crippen LogP contribution in [0, 0.1) is 10.8 Å². The summed E-state index contributed by atoms with van der Waals surface area (Å²) in [4.78, 5) is 0. The van der Waals surface area contributed by atoms with E-state index in [9.17, 15) is 10.2 Å². The van der Waals surface area contributed by atoms with Crippen LogP contribution in [0.25, 0.3) is 77.2 Å². The zero-order chi connectivity index (χ0) is 76.6. The molecule has 0 amide bonds. The van der Waals surface area contributed by atoms with Gasteiger partial charge in [-0.05, 0) is 21.7 Å². The molecule has 0 aliphatic carbocycles. The number of hydrogen-bond acceptors (Lipinski definition) is 4. The third kappa shape index (κ3) is 16.0.